The maximum atomic E-state index is 10.8. The van der Waals surface area contributed by atoms with E-state index in [-0.39, 0.29) is 28.2 Å². The van der Waals surface area contributed by atoms with Crippen molar-refractivity contribution in [2.24, 2.45) is 11.3 Å². The number of fused-ring (bicyclic) bond motifs is 3. The van der Waals surface area contributed by atoms with Crippen molar-refractivity contribution in [3.8, 4) is 11.5 Å². The molecule has 1 fully saturated rings. The van der Waals surface area contributed by atoms with Crippen molar-refractivity contribution in [2.45, 2.75) is 65.2 Å². The lowest BCUT2D eigenvalue weighted by atomic mass is 9.52. The Hall–Kier alpha value is -1.44. The predicted molar refractivity (Wildman–Crippen MR) is 91.4 cm³/mol. The maximum Gasteiger partial charge on any atom is 0.162 e. The molecule has 2 nitrogen and oxygen atoms in total. The first-order valence-corrected chi connectivity index (χ1v) is 8.46. The molecule has 1 aromatic rings. The quantitative estimate of drug-likeness (QED) is 0.688. The molecule has 1 saturated carbocycles. The fourth-order valence-corrected chi connectivity index (χ4v) is 4.91. The minimum Gasteiger partial charge on any atom is -0.504 e. The molecule has 0 aliphatic heterocycles. The van der Waals surface area contributed by atoms with Gasteiger partial charge in [0.05, 0.1) is 0 Å². The molecule has 0 aromatic heterocycles. The molecular formula is C20H28O2. The van der Waals surface area contributed by atoms with Crippen LogP contribution in [0.2, 0.25) is 0 Å². The average Bonchev–Trinajstić information content (AvgIpc) is 2.40. The van der Waals surface area contributed by atoms with Gasteiger partial charge in [0.2, 0.25) is 0 Å². The monoisotopic (exact) mass is 300 g/mol. The summed E-state index contributed by atoms with van der Waals surface area (Å²) in [6.07, 6.45) is 7.93. The molecule has 3 rings (SSSR count). The highest BCUT2D eigenvalue weighted by Crippen LogP contribution is 2.59. The van der Waals surface area contributed by atoms with Crippen molar-refractivity contribution in [2.75, 3.05) is 0 Å². The molecule has 0 unspecified atom stereocenters. The fourth-order valence-electron chi connectivity index (χ4n) is 4.91. The largest absolute Gasteiger partial charge is 0.504 e. The zero-order valence-electron chi connectivity index (χ0n) is 14.4. The maximum absolute atomic E-state index is 10.8. The van der Waals surface area contributed by atoms with Crippen molar-refractivity contribution in [3.63, 3.8) is 0 Å². The highest BCUT2D eigenvalue weighted by Gasteiger charge is 2.49. The van der Waals surface area contributed by atoms with E-state index in [2.05, 4.69) is 39.0 Å². The van der Waals surface area contributed by atoms with Gasteiger partial charge in [0.15, 0.2) is 11.5 Å². The smallest absolute Gasteiger partial charge is 0.162 e. The van der Waals surface area contributed by atoms with Gasteiger partial charge < -0.3 is 10.2 Å². The minimum absolute atomic E-state index is 0.0763. The Bertz CT molecular complexity index is 640. The summed E-state index contributed by atoms with van der Waals surface area (Å²) >= 11 is 0. The number of phenols is 2. The number of allylic oxidation sites excluding steroid dienone is 1. The molecule has 0 amide bonds. The first-order valence-electron chi connectivity index (χ1n) is 8.46. The summed E-state index contributed by atoms with van der Waals surface area (Å²) in [5, 5.41) is 21.2. The van der Waals surface area contributed by atoms with Crippen LogP contribution in [0.1, 0.15) is 76.5 Å². The van der Waals surface area contributed by atoms with Crippen LogP contribution in [0.25, 0.3) is 6.08 Å². The Morgan fingerprint density at radius 2 is 1.77 bits per heavy atom. The molecule has 1 aromatic carbocycles. The van der Waals surface area contributed by atoms with E-state index in [9.17, 15) is 10.2 Å². The Morgan fingerprint density at radius 3 is 2.41 bits per heavy atom. The van der Waals surface area contributed by atoms with Gasteiger partial charge in [0, 0.05) is 16.5 Å². The van der Waals surface area contributed by atoms with Crippen LogP contribution in [0.3, 0.4) is 0 Å². The number of aromatic hydroxyl groups is 2. The summed E-state index contributed by atoms with van der Waals surface area (Å²) in [4.78, 5) is 0. The predicted octanol–water partition coefficient (Wildman–Crippen LogP) is 5.33. The first kappa shape index (κ1) is 15.5. The number of benzene rings is 1. The first-order chi connectivity index (χ1) is 10.2. The van der Waals surface area contributed by atoms with Gasteiger partial charge in [0.1, 0.15) is 0 Å². The topological polar surface area (TPSA) is 40.5 Å². The van der Waals surface area contributed by atoms with E-state index in [0.29, 0.717) is 5.92 Å². The van der Waals surface area contributed by atoms with E-state index >= 15 is 0 Å². The molecular weight excluding hydrogens is 272 g/mol. The number of hydrogen-bond acceptors (Lipinski definition) is 2. The van der Waals surface area contributed by atoms with Crippen LogP contribution in [0.5, 0.6) is 11.5 Å². The van der Waals surface area contributed by atoms with Crippen LogP contribution in [-0.2, 0) is 5.41 Å². The van der Waals surface area contributed by atoms with Crippen LogP contribution >= 0.6 is 0 Å². The Kier molecular flexibility index (Phi) is 3.36. The molecule has 2 N–H and O–H groups in total. The number of hydrogen-bond donors (Lipinski definition) is 2. The standard InChI is InChI=1S/C20H28O2/c1-12(2)14-11-13-7-8-15-19(3,4)9-6-10-20(15,5)16(13)18(22)17(14)21/h7-8,11-12,15,21-22H,6,9-10H2,1-5H3/t15-,20-/m0/s1. The highest BCUT2D eigenvalue weighted by molar-refractivity contribution is 5.69. The normalized spacial score (nSPS) is 29.3. The van der Waals surface area contributed by atoms with E-state index in [1.54, 1.807) is 0 Å². The van der Waals surface area contributed by atoms with Crippen molar-refractivity contribution in [1.29, 1.82) is 0 Å². The lowest BCUT2D eigenvalue weighted by Gasteiger charge is -2.52. The van der Waals surface area contributed by atoms with Crippen molar-refractivity contribution in [1.82, 2.24) is 0 Å². The molecule has 0 saturated heterocycles. The van der Waals surface area contributed by atoms with Gasteiger partial charge in [-0.25, -0.2) is 0 Å². The second kappa shape index (κ2) is 4.78. The summed E-state index contributed by atoms with van der Waals surface area (Å²) in [6.45, 7) is 11.0. The van der Waals surface area contributed by atoms with Crippen LogP contribution < -0.4 is 0 Å². The summed E-state index contributed by atoms with van der Waals surface area (Å²) < 4.78 is 0. The molecule has 0 radical (unpaired) electrons. The van der Waals surface area contributed by atoms with E-state index in [0.717, 1.165) is 23.1 Å². The lowest BCUT2D eigenvalue weighted by Crippen LogP contribution is -2.45. The van der Waals surface area contributed by atoms with Gasteiger partial charge in [-0.15, -0.1) is 0 Å². The van der Waals surface area contributed by atoms with Crippen LogP contribution in [0, 0.1) is 11.3 Å². The lowest BCUT2D eigenvalue weighted by molar-refractivity contribution is 0.0888. The summed E-state index contributed by atoms with van der Waals surface area (Å²) in [5.74, 6) is 0.775. The molecule has 2 aliphatic rings. The van der Waals surface area contributed by atoms with Gasteiger partial charge >= 0.3 is 0 Å². The van der Waals surface area contributed by atoms with Crippen LogP contribution in [-0.4, -0.2) is 10.2 Å². The second-order valence-corrected chi connectivity index (χ2v) is 8.38. The zero-order valence-corrected chi connectivity index (χ0v) is 14.4. The summed E-state index contributed by atoms with van der Waals surface area (Å²) in [6, 6.07) is 2.06. The summed E-state index contributed by atoms with van der Waals surface area (Å²) in [5.41, 5.74) is 2.99. The SMILES string of the molecule is CC(C)c1cc2c(c(O)c1O)[C@@]1(C)CCCC(C)(C)[C@@H]1C=C2. The van der Waals surface area contributed by atoms with E-state index < -0.39 is 0 Å². The number of phenolic OH excluding ortho intramolecular Hbond substituents is 2. The van der Waals surface area contributed by atoms with Gasteiger partial charge in [-0.2, -0.15) is 0 Å². The van der Waals surface area contributed by atoms with E-state index in [4.69, 9.17) is 0 Å². The van der Waals surface area contributed by atoms with Gasteiger partial charge in [-0.3, -0.25) is 0 Å². The van der Waals surface area contributed by atoms with Crippen LogP contribution in [0.15, 0.2) is 12.1 Å². The summed E-state index contributed by atoms with van der Waals surface area (Å²) in [7, 11) is 0. The minimum atomic E-state index is -0.0943. The van der Waals surface area contributed by atoms with Gasteiger partial charge in [0.25, 0.3) is 0 Å². The highest BCUT2D eigenvalue weighted by atomic mass is 16.3. The molecule has 2 atom stereocenters. The molecule has 22 heavy (non-hydrogen) atoms. The Labute approximate surface area is 133 Å². The molecule has 120 valence electrons. The third kappa shape index (κ3) is 2.00. The van der Waals surface area contributed by atoms with E-state index in [1.165, 1.54) is 12.8 Å². The Morgan fingerprint density at radius 1 is 1.09 bits per heavy atom. The van der Waals surface area contributed by atoms with Crippen molar-refractivity contribution < 1.29 is 10.2 Å². The van der Waals surface area contributed by atoms with Crippen molar-refractivity contribution in [3.05, 3.63) is 28.8 Å². The molecule has 0 spiro atoms. The Balaban J connectivity index is 2.25. The third-order valence-electron chi connectivity index (χ3n) is 6.04. The molecule has 2 heteroatoms. The number of rotatable bonds is 1. The average molecular weight is 300 g/mol. The van der Waals surface area contributed by atoms with Gasteiger partial charge in [-0.05, 0) is 41.7 Å². The zero-order chi connectivity index (χ0) is 16.3. The molecule has 2 aliphatic carbocycles. The van der Waals surface area contributed by atoms with Crippen molar-refractivity contribution >= 4 is 6.08 Å². The molecule has 0 bridgehead atoms. The molecule has 0 heterocycles. The van der Waals surface area contributed by atoms with Gasteiger partial charge in [-0.1, -0.05) is 53.2 Å². The second-order valence-electron chi connectivity index (χ2n) is 8.38. The van der Waals surface area contributed by atoms with E-state index in [1.807, 2.05) is 13.8 Å². The fraction of sp³-hybridized carbons (Fsp3) is 0.600. The third-order valence-corrected chi connectivity index (χ3v) is 6.04. The van der Waals surface area contributed by atoms with Crippen LogP contribution in [0.4, 0.5) is 0 Å².